The van der Waals surface area contributed by atoms with Gasteiger partial charge in [0.05, 0.1) is 4.47 Å². The lowest BCUT2D eigenvalue weighted by atomic mass is 10.1. The fourth-order valence-corrected chi connectivity index (χ4v) is 2.92. The van der Waals surface area contributed by atoms with E-state index in [1.165, 1.54) is 11.1 Å². The predicted molar refractivity (Wildman–Crippen MR) is 57.0 cm³/mol. The second kappa shape index (κ2) is 3.50. The number of fused-ring (bicyclic) bond motifs is 1. The molecule has 1 aromatic heterocycles. The van der Waals surface area contributed by atoms with Gasteiger partial charge in [0.1, 0.15) is 10.3 Å². The highest BCUT2D eigenvalue weighted by molar-refractivity contribution is 9.11. The number of nitrogens with zero attached hydrogens (tertiary/aromatic N) is 1. The van der Waals surface area contributed by atoms with Gasteiger partial charge in [-0.25, -0.2) is 4.98 Å². The van der Waals surface area contributed by atoms with E-state index in [4.69, 9.17) is 0 Å². The number of hydrogen-bond donors (Lipinski definition) is 0. The maximum absolute atomic E-state index is 10.7. The fraction of sp³-hybridized carbons (Fsp3) is 0.333. The zero-order chi connectivity index (χ0) is 9.42. The van der Waals surface area contributed by atoms with Crippen LogP contribution in [0.5, 0.6) is 0 Å². The Balaban J connectivity index is 2.69. The van der Waals surface area contributed by atoms with Crippen molar-refractivity contribution in [3.63, 3.8) is 0 Å². The Morgan fingerprint density at radius 1 is 1.23 bits per heavy atom. The molecule has 4 heteroatoms. The van der Waals surface area contributed by atoms with E-state index >= 15 is 0 Å². The van der Waals surface area contributed by atoms with Crippen LogP contribution in [0.25, 0.3) is 0 Å². The summed E-state index contributed by atoms with van der Waals surface area (Å²) in [5, 5.41) is 0. The van der Waals surface area contributed by atoms with Gasteiger partial charge in [-0.2, -0.15) is 0 Å². The van der Waals surface area contributed by atoms with Crippen molar-refractivity contribution in [3.05, 3.63) is 25.9 Å². The fourth-order valence-electron chi connectivity index (χ4n) is 1.67. The monoisotopic (exact) mass is 303 g/mol. The van der Waals surface area contributed by atoms with Crippen molar-refractivity contribution in [2.45, 2.75) is 19.3 Å². The average Bonchev–Trinajstić information content (AvgIpc) is 2.60. The first-order valence-electron chi connectivity index (χ1n) is 4.06. The van der Waals surface area contributed by atoms with Crippen molar-refractivity contribution in [2.75, 3.05) is 0 Å². The summed E-state index contributed by atoms with van der Waals surface area (Å²) in [5.41, 5.74) is 2.98. The maximum Gasteiger partial charge on any atom is 0.169 e. The minimum absolute atomic E-state index is 0.493. The molecule has 1 aromatic rings. The Kier molecular flexibility index (Phi) is 2.51. The molecule has 1 heterocycles. The molecule has 2 nitrogen and oxygen atoms in total. The van der Waals surface area contributed by atoms with Crippen LogP contribution in [0.2, 0.25) is 0 Å². The Hall–Kier alpha value is -0.220. The number of halogens is 2. The van der Waals surface area contributed by atoms with E-state index in [1.807, 2.05) is 0 Å². The van der Waals surface area contributed by atoms with Gasteiger partial charge in [-0.05, 0) is 62.2 Å². The Labute approximate surface area is 93.0 Å². The van der Waals surface area contributed by atoms with E-state index in [2.05, 4.69) is 36.8 Å². The number of hydrogen-bond acceptors (Lipinski definition) is 2. The summed E-state index contributed by atoms with van der Waals surface area (Å²) in [6.45, 7) is 0. The topological polar surface area (TPSA) is 30.0 Å². The number of aromatic nitrogens is 1. The molecule has 0 fully saturated rings. The summed E-state index contributed by atoms with van der Waals surface area (Å²) in [4.78, 5) is 14.8. The molecule has 1 aliphatic rings. The number of carbonyl (C=O) groups is 1. The Morgan fingerprint density at radius 3 is 2.62 bits per heavy atom. The van der Waals surface area contributed by atoms with Crippen LogP contribution in [0.15, 0.2) is 9.08 Å². The van der Waals surface area contributed by atoms with E-state index in [0.29, 0.717) is 5.69 Å². The quantitative estimate of drug-likeness (QED) is 0.590. The van der Waals surface area contributed by atoms with Gasteiger partial charge < -0.3 is 0 Å². The van der Waals surface area contributed by atoms with Gasteiger partial charge >= 0.3 is 0 Å². The van der Waals surface area contributed by atoms with Crippen LogP contribution in [0.4, 0.5) is 0 Å². The van der Waals surface area contributed by atoms with Gasteiger partial charge in [-0.3, -0.25) is 4.79 Å². The van der Waals surface area contributed by atoms with Gasteiger partial charge in [0.15, 0.2) is 6.29 Å². The Bertz CT molecular complexity index is 376. The third-order valence-corrected chi connectivity index (χ3v) is 3.83. The summed E-state index contributed by atoms with van der Waals surface area (Å²) in [6, 6.07) is 0. The van der Waals surface area contributed by atoms with Crippen molar-refractivity contribution in [3.8, 4) is 0 Å². The van der Waals surface area contributed by atoms with E-state index < -0.39 is 0 Å². The zero-order valence-electron chi connectivity index (χ0n) is 6.81. The van der Waals surface area contributed by atoms with Gasteiger partial charge in [0, 0.05) is 0 Å². The standard InChI is InChI=1S/C9H7Br2NO/c10-8-5-2-1-3-6(5)9(11)12-7(8)4-13/h4H,1-3H2. The highest BCUT2D eigenvalue weighted by Gasteiger charge is 2.20. The van der Waals surface area contributed by atoms with Gasteiger partial charge in [0.2, 0.25) is 0 Å². The molecular weight excluding hydrogens is 298 g/mol. The van der Waals surface area contributed by atoms with Crippen LogP contribution in [0, 0.1) is 0 Å². The normalized spacial score (nSPS) is 14.3. The first-order chi connectivity index (χ1) is 6.24. The van der Waals surface area contributed by atoms with Crippen LogP contribution in [-0.2, 0) is 12.8 Å². The molecule has 0 amide bonds. The van der Waals surface area contributed by atoms with Gasteiger partial charge in [-0.15, -0.1) is 0 Å². The molecular formula is C9H7Br2NO. The molecule has 0 aliphatic heterocycles. The van der Waals surface area contributed by atoms with E-state index in [9.17, 15) is 4.79 Å². The molecule has 0 unspecified atom stereocenters. The molecule has 13 heavy (non-hydrogen) atoms. The number of carbonyl (C=O) groups excluding carboxylic acids is 1. The third-order valence-electron chi connectivity index (χ3n) is 2.29. The van der Waals surface area contributed by atoms with Crippen LogP contribution in [0.1, 0.15) is 28.0 Å². The number of rotatable bonds is 1. The predicted octanol–water partition coefficient (Wildman–Crippen LogP) is 2.91. The van der Waals surface area contributed by atoms with E-state index in [1.54, 1.807) is 0 Å². The molecule has 0 saturated carbocycles. The molecule has 0 spiro atoms. The van der Waals surface area contributed by atoms with E-state index in [0.717, 1.165) is 34.6 Å². The second-order valence-electron chi connectivity index (χ2n) is 3.03. The van der Waals surface area contributed by atoms with Crippen molar-refractivity contribution < 1.29 is 4.79 Å². The zero-order valence-corrected chi connectivity index (χ0v) is 9.98. The summed E-state index contributed by atoms with van der Waals surface area (Å²) < 4.78 is 1.70. The number of aldehydes is 1. The molecule has 2 rings (SSSR count). The molecule has 68 valence electrons. The highest BCUT2D eigenvalue weighted by atomic mass is 79.9. The molecule has 1 aliphatic carbocycles. The molecule has 0 aromatic carbocycles. The minimum Gasteiger partial charge on any atom is -0.296 e. The summed E-state index contributed by atoms with van der Waals surface area (Å²) in [7, 11) is 0. The van der Waals surface area contributed by atoms with Crippen molar-refractivity contribution in [1.29, 1.82) is 0 Å². The third kappa shape index (κ3) is 1.46. The van der Waals surface area contributed by atoms with Crippen molar-refractivity contribution in [1.82, 2.24) is 4.98 Å². The molecule has 0 N–H and O–H groups in total. The van der Waals surface area contributed by atoms with Crippen LogP contribution < -0.4 is 0 Å². The molecule has 0 bridgehead atoms. The summed E-state index contributed by atoms with van der Waals surface area (Å²) in [6.07, 6.45) is 4.03. The molecule has 0 saturated heterocycles. The lowest BCUT2D eigenvalue weighted by molar-refractivity contribution is 0.111. The maximum atomic E-state index is 10.7. The highest BCUT2D eigenvalue weighted by Crippen LogP contribution is 2.34. The average molecular weight is 305 g/mol. The van der Waals surface area contributed by atoms with Crippen molar-refractivity contribution >= 4 is 38.1 Å². The minimum atomic E-state index is 0.493. The summed E-state index contributed by atoms with van der Waals surface area (Å²) >= 11 is 6.79. The van der Waals surface area contributed by atoms with Crippen LogP contribution in [-0.4, -0.2) is 11.3 Å². The van der Waals surface area contributed by atoms with E-state index in [-0.39, 0.29) is 0 Å². The van der Waals surface area contributed by atoms with Crippen molar-refractivity contribution in [2.24, 2.45) is 0 Å². The SMILES string of the molecule is O=Cc1nc(Br)c2c(c1Br)CCC2. The molecule has 0 atom stereocenters. The number of pyridine rings is 1. The first-order valence-corrected chi connectivity index (χ1v) is 5.64. The largest absolute Gasteiger partial charge is 0.296 e. The van der Waals surface area contributed by atoms with Gasteiger partial charge in [-0.1, -0.05) is 0 Å². The molecule has 0 radical (unpaired) electrons. The van der Waals surface area contributed by atoms with Gasteiger partial charge in [0.25, 0.3) is 0 Å². The summed E-state index contributed by atoms with van der Waals surface area (Å²) in [5.74, 6) is 0. The Morgan fingerprint density at radius 2 is 1.92 bits per heavy atom. The second-order valence-corrected chi connectivity index (χ2v) is 4.57. The smallest absolute Gasteiger partial charge is 0.169 e. The van der Waals surface area contributed by atoms with Crippen LogP contribution >= 0.6 is 31.9 Å². The lowest BCUT2D eigenvalue weighted by Crippen LogP contribution is -1.97. The lowest BCUT2D eigenvalue weighted by Gasteiger charge is -2.06. The first kappa shape index (κ1) is 9.34. The van der Waals surface area contributed by atoms with Crippen LogP contribution in [0.3, 0.4) is 0 Å².